The van der Waals surface area contributed by atoms with Gasteiger partial charge in [0.15, 0.2) is 11.4 Å². The second kappa shape index (κ2) is 7.70. The Morgan fingerprint density at radius 2 is 1.62 bits per heavy atom. The molecule has 0 aromatic heterocycles. The van der Waals surface area contributed by atoms with Crippen LogP contribution in [0, 0.1) is 10.4 Å². The van der Waals surface area contributed by atoms with Gasteiger partial charge in [0.05, 0.1) is 24.6 Å². The van der Waals surface area contributed by atoms with Crippen molar-refractivity contribution in [1.29, 1.82) is 0 Å². The summed E-state index contributed by atoms with van der Waals surface area (Å²) in [5, 5.41) is 42.5. The van der Waals surface area contributed by atoms with E-state index in [4.69, 9.17) is 15.2 Å². The highest BCUT2D eigenvalue weighted by Crippen LogP contribution is 2.23. The van der Waals surface area contributed by atoms with Crippen molar-refractivity contribution in [2.24, 2.45) is 0 Å². The minimum Gasteiger partial charge on any atom is -0.595 e. The topological polar surface area (TPSA) is 146 Å². The van der Waals surface area contributed by atoms with Gasteiger partial charge in [0.25, 0.3) is 0 Å². The second-order valence-corrected chi connectivity index (χ2v) is 4.69. The Morgan fingerprint density at radius 3 is 2.17 bits per heavy atom. The van der Waals surface area contributed by atoms with E-state index in [0.29, 0.717) is 11.4 Å². The average Bonchev–Trinajstić information content (AvgIpc) is 2.54. The summed E-state index contributed by atoms with van der Waals surface area (Å²) in [6.07, 6.45) is 0. The number of hydrogen-bond donors (Lipinski definition) is 6. The molecular weight excluding hydrogens is 320 g/mol. The minimum absolute atomic E-state index is 0.0414. The molecule has 0 aliphatic carbocycles. The first-order valence-corrected chi connectivity index (χ1v) is 6.73. The van der Waals surface area contributed by atoms with E-state index in [9.17, 15) is 15.2 Å². The predicted octanol–water partition coefficient (Wildman–Crippen LogP) is 0.146. The molecule has 0 radical (unpaired) electrons. The first-order valence-electron chi connectivity index (χ1n) is 6.73. The lowest BCUT2D eigenvalue weighted by Crippen LogP contribution is -3.00. The maximum atomic E-state index is 12.0. The molecule has 0 aliphatic rings. The SMILES string of the molecule is COc1ccccc1NC(=O)Nc1cc([NH+]([O-])O)cc([NH+]([O-])O)c1. The lowest BCUT2D eigenvalue weighted by Gasteiger charge is -2.17. The molecule has 2 aromatic rings. The molecule has 0 fully saturated rings. The molecule has 10 heteroatoms. The summed E-state index contributed by atoms with van der Waals surface area (Å²) < 4.78 is 5.10. The van der Waals surface area contributed by atoms with Gasteiger partial charge in [-0.3, -0.25) is 0 Å². The average molecular weight is 336 g/mol. The minimum atomic E-state index is -1.30. The van der Waals surface area contributed by atoms with Gasteiger partial charge < -0.3 is 25.8 Å². The fourth-order valence-corrected chi connectivity index (χ4v) is 1.98. The van der Waals surface area contributed by atoms with Crippen LogP contribution < -0.4 is 25.8 Å². The van der Waals surface area contributed by atoms with Crippen molar-refractivity contribution in [3.05, 3.63) is 52.9 Å². The van der Waals surface area contributed by atoms with Crippen LogP contribution in [-0.4, -0.2) is 23.6 Å². The third-order valence-electron chi connectivity index (χ3n) is 3.04. The molecule has 24 heavy (non-hydrogen) atoms. The van der Waals surface area contributed by atoms with Gasteiger partial charge in [0.1, 0.15) is 5.75 Å². The van der Waals surface area contributed by atoms with E-state index in [1.54, 1.807) is 24.3 Å². The molecule has 0 saturated carbocycles. The van der Waals surface area contributed by atoms with E-state index in [1.165, 1.54) is 7.11 Å². The van der Waals surface area contributed by atoms with Gasteiger partial charge in [0.2, 0.25) is 0 Å². The van der Waals surface area contributed by atoms with Crippen LogP contribution in [-0.2, 0) is 0 Å². The number of benzene rings is 2. The summed E-state index contributed by atoms with van der Waals surface area (Å²) in [4.78, 5) is 12.0. The molecule has 0 heterocycles. The summed E-state index contributed by atoms with van der Waals surface area (Å²) >= 11 is 0. The summed E-state index contributed by atoms with van der Waals surface area (Å²) in [7, 11) is 1.45. The van der Waals surface area contributed by atoms with Gasteiger partial charge in [-0.1, -0.05) is 12.1 Å². The summed E-state index contributed by atoms with van der Waals surface area (Å²) in [6.45, 7) is 0. The van der Waals surface area contributed by atoms with Gasteiger partial charge in [-0.05, 0) is 12.1 Å². The van der Waals surface area contributed by atoms with Crippen molar-refractivity contribution in [2.45, 2.75) is 0 Å². The Morgan fingerprint density at radius 1 is 1.04 bits per heavy atom. The van der Waals surface area contributed by atoms with Crippen LogP contribution in [0.3, 0.4) is 0 Å². The lowest BCUT2D eigenvalue weighted by atomic mass is 10.2. The summed E-state index contributed by atoms with van der Waals surface area (Å²) in [5.41, 5.74) is -0.0463. The first kappa shape index (κ1) is 17.6. The fourth-order valence-electron chi connectivity index (χ4n) is 1.98. The summed E-state index contributed by atoms with van der Waals surface area (Å²) in [6, 6.07) is 9.38. The fraction of sp³-hybridized carbons (Fsp3) is 0.0714. The van der Waals surface area contributed by atoms with Gasteiger partial charge >= 0.3 is 6.03 Å². The van der Waals surface area contributed by atoms with E-state index >= 15 is 0 Å². The Bertz CT molecular complexity index is 696. The van der Waals surface area contributed by atoms with Gasteiger partial charge in [-0.2, -0.15) is 10.5 Å². The van der Waals surface area contributed by atoms with Crippen molar-refractivity contribution in [3.8, 4) is 5.75 Å². The van der Waals surface area contributed by atoms with Crippen LogP contribution >= 0.6 is 0 Å². The molecule has 2 atom stereocenters. The quantitative estimate of drug-likeness (QED) is 0.428. The first-order chi connectivity index (χ1) is 11.4. The standard InChI is InChI=1S/C14H16N4O6/c1-24-13-5-3-2-4-12(13)16-14(19)15-9-6-10(17(20)21)8-11(7-9)18(22)23/h2-8,17-18,20,22H,1H3,(H2,15,16,19). The molecule has 2 unspecified atom stereocenters. The van der Waals surface area contributed by atoms with Crippen molar-refractivity contribution in [3.63, 3.8) is 0 Å². The number of urea groups is 1. The normalized spacial score (nSPS) is 13.0. The van der Waals surface area contributed by atoms with Crippen molar-refractivity contribution in [1.82, 2.24) is 0 Å². The third-order valence-corrected chi connectivity index (χ3v) is 3.04. The van der Waals surface area contributed by atoms with Crippen LogP contribution in [0.15, 0.2) is 42.5 Å². The number of para-hydroxylation sites is 2. The van der Waals surface area contributed by atoms with Crippen molar-refractivity contribution in [2.75, 3.05) is 17.7 Å². The van der Waals surface area contributed by atoms with E-state index in [2.05, 4.69) is 10.6 Å². The molecule has 2 amide bonds. The highest BCUT2D eigenvalue weighted by Gasteiger charge is 2.13. The Labute approximate surface area is 136 Å². The molecule has 0 aliphatic heterocycles. The molecule has 0 spiro atoms. The molecule has 6 N–H and O–H groups in total. The van der Waals surface area contributed by atoms with Crippen molar-refractivity contribution >= 4 is 28.8 Å². The highest BCUT2D eigenvalue weighted by molar-refractivity contribution is 6.01. The predicted molar refractivity (Wildman–Crippen MR) is 83.6 cm³/mol. The summed E-state index contributed by atoms with van der Waals surface area (Å²) in [5.74, 6) is 0.443. The molecule has 2 rings (SSSR count). The number of quaternary nitrogens is 2. The molecule has 2 aromatic carbocycles. The van der Waals surface area contributed by atoms with Crippen LogP contribution in [0.1, 0.15) is 0 Å². The van der Waals surface area contributed by atoms with E-state index in [0.717, 1.165) is 18.2 Å². The number of rotatable bonds is 5. The van der Waals surface area contributed by atoms with Crippen LogP contribution in [0.2, 0.25) is 0 Å². The number of amides is 2. The third kappa shape index (κ3) is 4.39. The van der Waals surface area contributed by atoms with Crippen molar-refractivity contribution < 1.29 is 30.4 Å². The largest absolute Gasteiger partial charge is 0.595 e. The molecule has 0 bridgehead atoms. The highest BCUT2D eigenvalue weighted by atomic mass is 16.8. The number of carbonyl (C=O) groups excluding carboxylic acids is 1. The Hall–Kier alpha value is -2.73. The lowest BCUT2D eigenvalue weighted by molar-refractivity contribution is -0.996. The van der Waals surface area contributed by atoms with Gasteiger partial charge in [0, 0.05) is 12.1 Å². The maximum absolute atomic E-state index is 12.0. The Kier molecular flexibility index (Phi) is 5.65. The van der Waals surface area contributed by atoms with E-state index in [1.807, 2.05) is 0 Å². The molecule has 128 valence electrons. The zero-order valence-corrected chi connectivity index (χ0v) is 12.6. The number of ether oxygens (including phenoxy) is 1. The Balaban J connectivity index is 2.19. The van der Waals surface area contributed by atoms with E-state index < -0.39 is 16.5 Å². The number of nitrogens with one attached hydrogen (secondary N) is 4. The maximum Gasteiger partial charge on any atom is 0.323 e. The van der Waals surface area contributed by atoms with Crippen LogP contribution in [0.4, 0.5) is 27.5 Å². The molecule has 0 saturated heterocycles. The second-order valence-electron chi connectivity index (χ2n) is 4.69. The zero-order chi connectivity index (χ0) is 17.7. The monoisotopic (exact) mass is 336 g/mol. The zero-order valence-electron chi connectivity index (χ0n) is 12.6. The van der Waals surface area contributed by atoms with Crippen LogP contribution in [0.5, 0.6) is 5.75 Å². The van der Waals surface area contributed by atoms with Gasteiger partial charge in [-0.15, -0.1) is 0 Å². The molecule has 10 nitrogen and oxygen atoms in total. The van der Waals surface area contributed by atoms with E-state index in [-0.39, 0.29) is 17.1 Å². The molecular formula is C14H16N4O6. The number of hydrogen-bond acceptors (Lipinski definition) is 6. The number of carbonyl (C=O) groups is 1. The smallest absolute Gasteiger partial charge is 0.323 e. The van der Waals surface area contributed by atoms with Gasteiger partial charge in [-0.25, -0.2) is 15.2 Å². The number of anilines is 2. The number of methoxy groups -OCH3 is 1. The van der Waals surface area contributed by atoms with Crippen LogP contribution in [0.25, 0.3) is 0 Å².